The van der Waals surface area contributed by atoms with Gasteiger partial charge in [0.2, 0.25) is 0 Å². The van der Waals surface area contributed by atoms with Gasteiger partial charge < -0.3 is 14.7 Å². The second kappa shape index (κ2) is 6.05. The van der Waals surface area contributed by atoms with E-state index >= 15 is 0 Å². The third-order valence-electron chi connectivity index (χ3n) is 3.98. The molecule has 22 heavy (non-hydrogen) atoms. The molecule has 0 radical (unpaired) electrons. The van der Waals surface area contributed by atoms with Crippen LogP contribution in [0.5, 0.6) is 11.5 Å². The maximum Gasteiger partial charge on any atom is 0.276 e. The van der Waals surface area contributed by atoms with Crippen molar-refractivity contribution in [2.45, 2.75) is 18.9 Å². The summed E-state index contributed by atoms with van der Waals surface area (Å²) in [6, 6.07) is 10.8. The second-order valence-corrected chi connectivity index (χ2v) is 5.30. The van der Waals surface area contributed by atoms with Gasteiger partial charge in [0.15, 0.2) is 5.69 Å². The Balaban J connectivity index is 1.90. The maximum absolute atomic E-state index is 12.7. The van der Waals surface area contributed by atoms with Gasteiger partial charge >= 0.3 is 0 Å². The molecular weight excluding hydrogens is 280 g/mol. The Morgan fingerprint density at radius 2 is 2.23 bits per heavy atom. The van der Waals surface area contributed by atoms with Crippen LogP contribution >= 0.6 is 0 Å². The van der Waals surface area contributed by atoms with Crippen molar-refractivity contribution in [3.05, 3.63) is 53.9 Å². The highest BCUT2D eigenvalue weighted by Crippen LogP contribution is 2.35. The molecule has 1 amide bonds. The van der Waals surface area contributed by atoms with Crippen molar-refractivity contribution in [3.8, 4) is 11.5 Å². The molecule has 1 unspecified atom stereocenters. The molecule has 0 spiro atoms. The predicted molar refractivity (Wildman–Crippen MR) is 81.9 cm³/mol. The van der Waals surface area contributed by atoms with Gasteiger partial charge in [-0.05, 0) is 42.7 Å². The molecular formula is C17H18N2O3. The van der Waals surface area contributed by atoms with Crippen LogP contribution in [0.25, 0.3) is 0 Å². The number of ether oxygens (including phenoxy) is 1. The van der Waals surface area contributed by atoms with Crippen molar-refractivity contribution in [3.63, 3.8) is 0 Å². The van der Waals surface area contributed by atoms with Gasteiger partial charge in [-0.3, -0.25) is 4.79 Å². The number of rotatable bonds is 3. The maximum atomic E-state index is 12.7. The van der Waals surface area contributed by atoms with Crippen molar-refractivity contribution in [2.24, 2.45) is 0 Å². The average Bonchev–Trinajstić information content (AvgIpc) is 3.04. The van der Waals surface area contributed by atoms with E-state index in [1.165, 1.54) is 12.3 Å². The number of benzene rings is 1. The number of methoxy groups -OCH3 is 1. The lowest BCUT2D eigenvalue weighted by Crippen LogP contribution is -2.31. The fraction of sp³-hybridized carbons (Fsp3) is 0.294. The largest absolute Gasteiger partial charge is 0.505 e. The first kappa shape index (κ1) is 14.4. The fourth-order valence-corrected chi connectivity index (χ4v) is 2.90. The topological polar surface area (TPSA) is 62.7 Å². The van der Waals surface area contributed by atoms with E-state index in [1.807, 2.05) is 24.3 Å². The van der Waals surface area contributed by atoms with Crippen molar-refractivity contribution >= 4 is 5.91 Å². The van der Waals surface area contributed by atoms with Crippen LogP contribution in [-0.4, -0.2) is 34.6 Å². The van der Waals surface area contributed by atoms with Gasteiger partial charge in [-0.2, -0.15) is 0 Å². The van der Waals surface area contributed by atoms with Crippen LogP contribution in [0.15, 0.2) is 42.6 Å². The van der Waals surface area contributed by atoms with Crippen LogP contribution in [0.2, 0.25) is 0 Å². The van der Waals surface area contributed by atoms with Crippen LogP contribution in [0.4, 0.5) is 0 Å². The summed E-state index contributed by atoms with van der Waals surface area (Å²) < 4.78 is 5.26. The standard InChI is InChI=1S/C17H18N2O3/c1-22-13-6-2-5-12(11-13)14-7-4-10-19(14)17(21)16-15(20)8-3-9-18-16/h2-3,5-6,8-9,11,14,20H,4,7,10H2,1H3. The number of aromatic hydroxyl groups is 1. The second-order valence-electron chi connectivity index (χ2n) is 5.30. The zero-order valence-corrected chi connectivity index (χ0v) is 12.4. The SMILES string of the molecule is COc1cccc(C2CCCN2C(=O)c2ncccc2O)c1. The molecule has 1 fully saturated rings. The Bertz CT molecular complexity index is 687. The summed E-state index contributed by atoms with van der Waals surface area (Å²) in [6.45, 7) is 0.663. The van der Waals surface area contributed by atoms with E-state index in [0.29, 0.717) is 6.54 Å². The molecule has 1 aromatic heterocycles. The third kappa shape index (κ3) is 2.62. The highest BCUT2D eigenvalue weighted by Gasteiger charge is 2.32. The van der Waals surface area contributed by atoms with Crippen molar-refractivity contribution in [1.29, 1.82) is 0 Å². The summed E-state index contributed by atoms with van der Waals surface area (Å²) in [5, 5.41) is 9.85. The van der Waals surface area contributed by atoms with Crippen molar-refractivity contribution in [2.75, 3.05) is 13.7 Å². The van der Waals surface area contributed by atoms with Gasteiger partial charge in [-0.25, -0.2) is 4.98 Å². The zero-order valence-electron chi connectivity index (χ0n) is 12.4. The molecule has 0 bridgehead atoms. The lowest BCUT2D eigenvalue weighted by molar-refractivity contribution is 0.0726. The van der Waals surface area contributed by atoms with Gasteiger partial charge in [0, 0.05) is 12.7 Å². The van der Waals surface area contributed by atoms with Crippen molar-refractivity contribution < 1.29 is 14.6 Å². The minimum atomic E-state index is -0.233. The Morgan fingerprint density at radius 1 is 1.36 bits per heavy atom. The number of amides is 1. The summed E-state index contributed by atoms with van der Waals surface area (Å²) in [7, 11) is 1.63. The highest BCUT2D eigenvalue weighted by atomic mass is 16.5. The minimum absolute atomic E-state index is 0.0102. The number of hydrogen-bond donors (Lipinski definition) is 1. The first-order chi connectivity index (χ1) is 10.7. The zero-order chi connectivity index (χ0) is 15.5. The van der Waals surface area contributed by atoms with E-state index in [1.54, 1.807) is 18.1 Å². The van der Waals surface area contributed by atoms with Crippen LogP contribution in [0.3, 0.4) is 0 Å². The van der Waals surface area contributed by atoms with Gasteiger partial charge in [-0.15, -0.1) is 0 Å². The molecule has 1 atom stereocenters. The Hall–Kier alpha value is -2.56. The summed E-state index contributed by atoms with van der Waals surface area (Å²) in [4.78, 5) is 18.5. The monoisotopic (exact) mass is 298 g/mol. The number of likely N-dealkylation sites (tertiary alicyclic amines) is 1. The first-order valence-electron chi connectivity index (χ1n) is 7.29. The van der Waals surface area contributed by atoms with Crippen LogP contribution in [-0.2, 0) is 0 Å². The van der Waals surface area contributed by atoms with Crippen LogP contribution in [0, 0.1) is 0 Å². The normalized spacial score (nSPS) is 17.5. The van der Waals surface area contributed by atoms with Gasteiger partial charge in [0.25, 0.3) is 5.91 Å². The molecule has 1 saturated heterocycles. The molecule has 2 heterocycles. The smallest absolute Gasteiger partial charge is 0.276 e. The number of aromatic nitrogens is 1. The van der Waals surface area contributed by atoms with Gasteiger partial charge in [0.1, 0.15) is 11.5 Å². The predicted octanol–water partition coefficient (Wildman–Crippen LogP) is 2.77. The third-order valence-corrected chi connectivity index (χ3v) is 3.98. The molecule has 1 aliphatic rings. The molecule has 5 nitrogen and oxygen atoms in total. The molecule has 0 aliphatic carbocycles. The molecule has 5 heteroatoms. The fourth-order valence-electron chi connectivity index (χ4n) is 2.90. The quantitative estimate of drug-likeness (QED) is 0.946. The Kier molecular flexibility index (Phi) is 3.96. The lowest BCUT2D eigenvalue weighted by atomic mass is 10.0. The molecule has 3 rings (SSSR count). The molecule has 114 valence electrons. The van der Waals surface area contributed by atoms with E-state index in [4.69, 9.17) is 4.74 Å². The minimum Gasteiger partial charge on any atom is -0.505 e. The van der Waals surface area contributed by atoms with Crippen LogP contribution in [0.1, 0.15) is 34.9 Å². The summed E-state index contributed by atoms with van der Waals surface area (Å²) in [6.07, 6.45) is 3.34. The van der Waals surface area contributed by atoms with Gasteiger partial charge in [0.05, 0.1) is 13.2 Å². The van der Waals surface area contributed by atoms with E-state index < -0.39 is 0 Å². The van der Waals surface area contributed by atoms with Crippen LogP contribution < -0.4 is 4.74 Å². The highest BCUT2D eigenvalue weighted by molar-refractivity contribution is 5.95. The average molecular weight is 298 g/mol. The van der Waals surface area contributed by atoms with E-state index in [9.17, 15) is 9.90 Å². The summed E-state index contributed by atoms with van der Waals surface area (Å²) in [5.74, 6) is 0.463. The number of nitrogens with zero attached hydrogens (tertiary/aromatic N) is 2. The summed E-state index contributed by atoms with van der Waals surface area (Å²) >= 11 is 0. The number of carbonyl (C=O) groups excluding carboxylic acids is 1. The molecule has 1 aliphatic heterocycles. The van der Waals surface area contributed by atoms with E-state index in [2.05, 4.69) is 4.98 Å². The Labute approximate surface area is 129 Å². The Morgan fingerprint density at radius 3 is 3.00 bits per heavy atom. The molecule has 1 N–H and O–H groups in total. The molecule has 0 saturated carbocycles. The van der Waals surface area contributed by atoms with E-state index in [-0.39, 0.29) is 23.4 Å². The molecule has 2 aromatic rings. The van der Waals surface area contributed by atoms with E-state index in [0.717, 1.165) is 24.2 Å². The van der Waals surface area contributed by atoms with Gasteiger partial charge in [-0.1, -0.05) is 12.1 Å². The van der Waals surface area contributed by atoms with Crippen molar-refractivity contribution in [1.82, 2.24) is 9.88 Å². The first-order valence-corrected chi connectivity index (χ1v) is 7.29. The summed E-state index contributed by atoms with van der Waals surface area (Å²) in [5.41, 5.74) is 1.15. The molecule has 1 aromatic carbocycles. The number of hydrogen-bond acceptors (Lipinski definition) is 4. The number of pyridine rings is 1. The number of carbonyl (C=O) groups is 1. The lowest BCUT2D eigenvalue weighted by Gasteiger charge is -2.25.